The lowest BCUT2D eigenvalue weighted by Crippen LogP contribution is -2.27. The van der Waals surface area contributed by atoms with Gasteiger partial charge in [-0.15, -0.1) is 0 Å². The number of rotatable bonds is 6. The molecule has 2 unspecified atom stereocenters. The minimum atomic E-state index is 0.0471. The largest absolute Gasteiger partial charge is 0.494 e. The molecule has 0 spiro atoms. The molecular weight excluding hydrogens is 252 g/mol. The molecule has 0 saturated heterocycles. The van der Waals surface area contributed by atoms with Gasteiger partial charge in [0.05, 0.1) is 12.7 Å². The minimum Gasteiger partial charge on any atom is -0.494 e. The van der Waals surface area contributed by atoms with Crippen molar-refractivity contribution in [3.8, 4) is 5.75 Å². The molecule has 2 atom stereocenters. The summed E-state index contributed by atoms with van der Waals surface area (Å²) in [5.41, 5.74) is 0.692. The molecule has 1 aromatic carbocycles. The molecule has 0 amide bonds. The third-order valence-corrected chi connectivity index (χ3v) is 3.95. The Morgan fingerprint density at radius 3 is 2.55 bits per heavy atom. The quantitative estimate of drug-likeness (QED) is 0.740. The second-order valence-corrected chi connectivity index (χ2v) is 5.49. The molecule has 3 heteroatoms. The Balaban J connectivity index is 1.84. The van der Waals surface area contributed by atoms with Gasteiger partial charge in [0.1, 0.15) is 12.4 Å². The van der Waals surface area contributed by atoms with E-state index in [-0.39, 0.29) is 18.5 Å². The Hall–Kier alpha value is -1.35. The van der Waals surface area contributed by atoms with Crippen LogP contribution in [0.25, 0.3) is 0 Å². The van der Waals surface area contributed by atoms with Crippen molar-refractivity contribution in [2.45, 2.75) is 45.6 Å². The molecule has 0 bridgehead atoms. The van der Waals surface area contributed by atoms with Crippen molar-refractivity contribution in [2.75, 3.05) is 13.2 Å². The van der Waals surface area contributed by atoms with Gasteiger partial charge in [0.15, 0.2) is 5.78 Å². The summed E-state index contributed by atoms with van der Waals surface area (Å²) in [6, 6.07) is 7.28. The third kappa shape index (κ3) is 4.07. The van der Waals surface area contributed by atoms with Gasteiger partial charge in [-0.25, -0.2) is 0 Å². The van der Waals surface area contributed by atoms with Crippen LogP contribution in [-0.4, -0.2) is 25.1 Å². The van der Waals surface area contributed by atoms with E-state index >= 15 is 0 Å². The van der Waals surface area contributed by atoms with E-state index in [4.69, 9.17) is 9.47 Å². The summed E-state index contributed by atoms with van der Waals surface area (Å²) in [6.45, 7) is 4.97. The summed E-state index contributed by atoms with van der Waals surface area (Å²) in [4.78, 5) is 12.1. The van der Waals surface area contributed by atoms with E-state index in [0.717, 1.165) is 12.2 Å². The van der Waals surface area contributed by atoms with Crippen molar-refractivity contribution in [3.05, 3.63) is 29.8 Å². The molecule has 0 N–H and O–H groups in total. The molecule has 1 aliphatic rings. The summed E-state index contributed by atoms with van der Waals surface area (Å²) in [6.07, 6.45) is 5.04. The standard InChI is InChI=1S/C17H24O3/c1-3-19-15-10-8-14(9-11-15)16(18)12-20-17-7-5-4-6-13(17)2/h8-11,13,17H,3-7,12H2,1-2H3. The zero-order chi connectivity index (χ0) is 14.4. The van der Waals surface area contributed by atoms with Gasteiger partial charge < -0.3 is 9.47 Å². The zero-order valence-electron chi connectivity index (χ0n) is 12.4. The van der Waals surface area contributed by atoms with E-state index < -0.39 is 0 Å². The zero-order valence-corrected chi connectivity index (χ0v) is 12.4. The topological polar surface area (TPSA) is 35.5 Å². The molecule has 1 aliphatic carbocycles. The Kier molecular flexibility index (Phi) is 5.60. The number of ether oxygens (including phenoxy) is 2. The summed E-state index contributed by atoms with van der Waals surface area (Å²) >= 11 is 0. The van der Waals surface area contributed by atoms with Gasteiger partial charge in [-0.1, -0.05) is 19.8 Å². The fourth-order valence-electron chi connectivity index (χ4n) is 2.70. The molecule has 0 heterocycles. The van der Waals surface area contributed by atoms with Gasteiger partial charge in [0.2, 0.25) is 0 Å². The van der Waals surface area contributed by atoms with Gasteiger partial charge in [0, 0.05) is 5.56 Å². The highest BCUT2D eigenvalue weighted by atomic mass is 16.5. The van der Waals surface area contributed by atoms with Gasteiger partial charge >= 0.3 is 0 Å². The Morgan fingerprint density at radius 1 is 1.20 bits per heavy atom. The fourth-order valence-corrected chi connectivity index (χ4v) is 2.70. The third-order valence-electron chi connectivity index (χ3n) is 3.95. The lowest BCUT2D eigenvalue weighted by molar-refractivity contribution is 0.000748. The summed E-state index contributed by atoms with van der Waals surface area (Å²) < 4.78 is 11.2. The van der Waals surface area contributed by atoms with Crippen molar-refractivity contribution >= 4 is 5.78 Å². The van der Waals surface area contributed by atoms with Crippen LogP contribution in [-0.2, 0) is 4.74 Å². The van der Waals surface area contributed by atoms with E-state index in [1.54, 1.807) is 12.1 Å². The van der Waals surface area contributed by atoms with Crippen LogP contribution in [0.15, 0.2) is 24.3 Å². The summed E-state index contributed by atoms with van der Waals surface area (Å²) in [5.74, 6) is 1.41. The fraction of sp³-hybridized carbons (Fsp3) is 0.588. The van der Waals surface area contributed by atoms with E-state index in [2.05, 4.69) is 6.92 Å². The first-order valence-corrected chi connectivity index (χ1v) is 7.58. The molecule has 0 radical (unpaired) electrons. The number of hydrogen-bond acceptors (Lipinski definition) is 3. The normalized spacial score (nSPS) is 22.5. The van der Waals surface area contributed by atoms with Crippen LogP contribution < -0.4 is 4.74 Å². The molecule has 1 saturated carbocycles. The highest BCUT2D eigenvalue weighted by Gasteiger charge is 2.22. The van der Waals surface area contributed by atoms with Gasteiger partial charge in [-0.3, -0.25) is 4.79 Å². The number of hydrogen-bond donors (Lipinski definition) is 0. The molecular formula is C17H24O3. The van der Waals surface area contributed by atoms with Crippen LogP contribution in [0.5, 0.6) is 5.75 Å². The first-order valence-electron chi connectivity index (χ1n) is 7.58. The second-order valence-electron chi connectivity index (χ2n) is 5.49. The first kappa shape index (κ1) is 15.0. The van der Waals surface area contributed by atoms with E-state index in [1.807, 2.05) is 19.1 Å². The maximum atomic E-state index is 12.1. The molecule has 0 aromatic heterocycles. The van der Waals surface area contributed by atoms with Crippen molar-refractivity contribution in [3.63, 3.8) is 0 Å². The molecule has 110 valence electrons. The van der Waals surface area contributed by atoms with Crippen LogP contribution in [0, 0.1) is 5.92 Å². The lowest BCUT2D eigenvalue weighted by atomic mass is 9.88. The first-order chi connectivity index (χ1) is 9.70. The van der Waals surface area contributed by atoms with Crippen LogP contribution in [0.3, 0.4) is 0 Å². The van der Waals surface area contributed by atoms with E-state index in [9.17, 15) is 4.79 Å². The van der Waals surface area contributed by atoms with Crippen LogP contribution >= 0.6 is 0 Å². The van der Waals surface area contributed by atoms with Crippen LogP contribution in [0.4, 0.5) is 0 Å². The Morgan fingerprint density at radius 2 is 1.90 bits per heavy atom. The highest BCUT2D eigenvalue weighted by Crippen LogP contribution is 2.26. The highest BCUT2D eigenvalue weighted by molar-refractivity contribution is 5.97. The number of Topliss-reactive ketones (excluding diaryl/α,β-unsaturated/α-hetero) is 1. The number of benzene rings is 1. The molecule has 20 heavy (non-hydrogen) atoms. The lowest BCUT2D eigenvalue weighted by Gasteiger charge is -2.28. The second kappa shape index (κ2) is 7.44. The predicted molar refractivity (Wildman–Crippen MR) is 79.3 cm³/mol. The van der Waals surface area contributed by atoms with Gasteiger partial charge in [-0.2, -0.15) is 0 Å². The maximum absolute atomic E-state index is 12.1. The smallest absolute Gasteiger partial charge is 0.188 e. The monoisotopic (exact) mass is 276 g/mol. The molecule has 2 rings (SSSR count). The predicted octanol–water partition coefficient (Wildman–Crippen LogP) is 3.86. The van der Waals surface area contributed by atoms with Gasteiger partial charge in [0.25, 0.3) is 0 Å². The minimum absolute atomic E-state index is 0.0471. The summed E-state index contributed by atoms with van der Waals surface area (Å²) in [7, 11) is 0. The molecule has 1 aromatic rings. The summed E-state index contributed by atoms with van der Waals surface area (Å²) in [5, 5.41) is 0. The number of carbonyl (C=O) groups is 1. The van der Waals surface area contributed by atoms with Crippen molar-refractivity contribution in [2.24, 2.45) is 5.92 Å². The average molecular weight is 276 g/mol. The maximum Gasteiger partial charge on any atom is 0.188 e. The SMILES string of the molecule is CCOc1ccc(C(=O)COC2CCCCC2C)cc1. The Bertz CT molecular complexity index is 424. The van der Waals surface area contributed by atoms with Gasteiger partial charge in [-0.05, 0) is 49.9 Å². The number of ketones is 1. The number of carbonyl (C=O) groups excluding carboxylic acids is 1. The van der Waals surface area contributed by atoms with Crippen molar-refractivity contribution < 1.29 is 14.3 Å². The van der Waals surface area contributed by atoms with Crippen LogP contribution in [0.2, 0.25) is 0 Å². The average Bonchev–Trinajstić information content (AvgIpc) is 2.47. The van der Waals surface area contributed by atoms with E-state index in [1.165, 1.54) is 19.3 Å². The van der Waals surface area contributed by atoms with E-state index in [0.29, 0.717) is 18.1 Å². The molecule has 3 nitrogen and oxygen atoms in total. The Labute approximate surface area is 121 Å². The molecule has 1 fully saturated rings. The van der Waals surface area contributed by atoms with Crippen LogP contribution in [0.1, 0.15) is 49.9 Å². The van der Waals surface area contributed by atoms with Crippen molar-refractivity contribution in [1.29, 1.82) is 0 Å². The molecule has 0 aliphatic heterocycles. The van der Waals surface area contributed by atoms with Crippen molar-refractivity contribution in [1.82, 2.24) is 0 Å².